The van der Waals surface area contributed by atoms with E-state index in [9.17, 15) is 18.0 Å². The van der Waals surface area contributed by atoms with Gasteiger partial charge in [-0.1, -0.05) is 12.1 Å². The molecule has 8 heteroatoms. The van der Waals surface area contributed by atoms with Gasteiger partial charge in [-0.15, -0.1) is 0 Å². The molecule has 160 valence electrons. The molecule has 0 atom stereocenters. The molecule has 30 heavy (non-hydrogen) atoms. The van der Waals surface area contributed by atoms with Crippen molar-refractivity contribution in [2.45, 2.75) is 39.5 Å². The van der Waals surface area contributed by atoms with Crippen molar-refractivity contribution in [2.75, 3.05) is 18.4 Å². The van der Waals surface area contributed by atoms with Gasteiger partial charge in [-0.3, -0.25) is 0 Å². The second kappa shape index (κ2) is 9.04. The highest BCUT2D eigenvalue weighted by atomic mass is 32.1. The van der Waals surface area contributed by atoms with E-state index in [1.165, 1.54) is 12.1 Å². The highest BCUT2D eigenvalue weighted by Gasteiger charge is 2.30. The highest BCUT2D eigenvalue weighted by molar-refractivity contribution is 7.80. The van der Waals surface area contributed by atoms with Gasteiger partial charge in [0.15, 0.2) is 5.11 Å². The van der Waals surface area contributed by atoms with Crippen molar-refractivity contribution in [3.63, 3.8) is 0 Å². The lowest BCUT2D eigenvalue weighted by Crippen LogP contribution is -2.32. The van der Waals surface area contributed by atoms with Crippen molar-refractivity contribution >= 4 is 29.0 Å². The van der Waals surface area contributed by atoms with Crippen LogP contribution in [0.1, 0.15) is 45.5 Å². The van der Waals surface area contributed by atoms with Crippen molar-refractivity contribution in [2.24, 2.45) is 0 Å². The van der Waals surface area contributed by atoms with E-state index < -0.39 is 17.7 Å². The first kappa shape index (κ1) is 22.1. The van der Waals surface area contributed by atoms with E-state index in [-0.39, 0.29) is 12.2 Å². The first-order chi connectivity index (χ1) is 14.2. The van der Waals surface area contributed by atoms with E-state index in [0.29, 0.717) is 10.7 Å². The number of carbonyl (C=O) groups excluding carboxylic acids is 1. The Morgan fingerprint density at radius 1 is 1.13 bits per heavy atom. The number of hydrogen-bond donors (Lipinski definition) is 1. The van der Waals surface area contributed by atoms with Crippen LogP contribution in [0.4, 0.5) is 18.9 Å². The molecular formula is C22H23F3N2O2S. The van der Waals surface area contributed by atoms with Crippen molar-refractivity contribution in [1.82, 2.24) is 4.90 Å². The maximum absolute atomic E-state index is 12.8. The number of alkyl halides is 3. The van der Waals surface area contributed by atoms with E-state index in [1.54, 1.807) is 19.1 Å². The third kappa shape index (κ3) is 5.11. The van der Waals surface area contributed by atoms with Crippen LogP contribution < -0.4 is 5.32 Å². The summed E-state index contributed by atoms with van der Waals surface area (Å²) in [5.74, 6) is -0.582. The second-order valence-electron chi connectivity index (χ2n) is 7.31. The lowest BCUT2D eigenvalue weighted by atomic mass is 10.0. The van der Waals surface area contributed by atoms with E-state index in [2.05, 4.69) is 10.2 Å². The summed E-state index contributed by atoms with van der Waals surface area (Å²) in [4.78, 5) is 14.6. The van der Waals surface area contributed by atoms with Crippen LogP contribution >= 0.6 is 12.2 Å². The molecule has 0 spiro atoms. The van der Waals surface area contributed by atoms with Gasteiger partial charge in [0.05, 0.1) is 11.1 Å². The van der Waals surface area contributed by atoms with Crippen LogP contribution in [0, 0.1) is 13.8 Å². The lowest BCUT2D eigenvalue weighted by Gasteiger charge is -2.21. The van der Waals surface area contributed by atoms with E-state index >= 15 is 0 Å². The molecule has 2 aromatic rings. The molecule has 2 aromatic carbocycles. The lowest BCUT2D eigenvalue weighted by molar-refractivity contribution is -0.137. The van der Waals surface area contributed by atoms with Gasteiger partial charge in [-0.25, -0.2) is 4.79 Å². The zero-order valence-electron chi connectivity index (χ0n) is 16.8. The number of rotatable bonds is 4. The third-order valence-corrected chi connectivity index (χ3v) is 5.63. The first-order valence-corrected chi connectivity index (χ1v) is 10.1. The minimum absolute atomic E-state index is 0.236. The minimum atomic E-state index is -4.44. The van der Waals surface area contributed by atoms with Gasteiger partial charge in [0.25, 0.3) is 0 Å². The number of ether oxygens (including phenoxy) is 1. The largest absolute Gasteiger partial charge is 0.457 e. The summed E-state index contributed by atoms with van der Waals surface area (Å²) in [6, 6.07) is 8.17. The molecule has 0 saturated carbocycles. The molecule has 4 nitrogen and oxygen atoms in total. The summed E-state index contributed by atoms with van der Waals surface area (Å²) in [5, 5.41) is 3.90. The number of carbonyl (C=O) groups is 1. The monoisotopic (exact) mass is 436 g/mol. The van der Waals surface area contributed by atoms with Gasteiger partial charge in [0.1, 0.15) is 6.61 Å². The molecule has 1 heterocycles. The Hall–Kier alpha value is -2.61. The quantitative estimate of drug-likeness (QED) is 0.508. The third-order valence-electron chi connectivity index (χ3n) is 5.27. The molecule has 0 aliphatic carbocycles. The average molecular weight is 436 g/mol. The SMILES string of the molecule is Cc1c(NC(=S)N2CCCC2)ccc(C(=O)OCc2cccc(C(F)(F)F)c2)c1C. The van der Waals surface area contributed by atoms with E-state index in [0.717, 1.165) is 54.9 Å². The Balaban J connectivity index is 1.68. The second-order valence-corrected chi connectivity index (χ2v) is 7.70. The predicted molar refractivity (Wildman–Crippen MR) is 114 cm³/mol. The number of nitrogens with zero attached hydrogens (tertiary/aromatic N) is 1. The summed E-state index contributed by atoms with van der Waals surface area (Å²) >= 11 is 5.46. The Labute approximate surface area is 179 Å². The van der Waals surface area contributed by atoms with Gasteiger partial charge >= 0.3 is 12.1 Å². The maximum atomic E-state index is 12.8. The summed E-state index contributed by atoms with van der Waals surface area (Å²) in [5.41, 5.74) is 2.30. The van der Waals surface area contributed by atoms with E-state index in [1.807, 2.05) is 6.92 Å². The first-order valence-electron chi connectivity index (χ1n) is 9.66. The van der Waals surface area contributed by atoms with Crippen LogP contribution in [0.2, 0.25) is 0 Å². The fraction of sp³-hybridized carbons (Fsp3) is 0.364. The maximum Gasteiger partial charge on any atom is 0.416 e. The Morgan fingerprint density at radius 2 is 1.83 bits per heavy atom. The summed E-state index contributed by atoms with van der Waals surface area (Å²) in [7, 11) is 0. The van der Waals surface area contributed by atoms with Crippen LogP contribution in [0.25, 0.3) is 0 Å². The van der Waals surface area contributed by atoms with Crippen molar-refractivity contribution in [3.8, 4) is 0 Å². The molecule has 0 unspecified atom stereocenters. The number of likely N-dealkylation sites (tertiary alicyclic amines) is 1. The summed E-state index contributed by atoms with van der Waals surface area (Å²) < 4.78 is 43.7. The molecule has 1 aliphatic heterocycles. The molecular weight excluding hydrogens is 413 g/mol. The Bertz CT molecular complexity index is 954. The zero-order chi connectivity index (χ0) is 21.9. The number of benzene rings is 2. The van der Waals surface area contributed by atoms with Gasteiger partial charge in [0.2, 0.25) is 0 Å². The van der Waals surface area contributed by atoms with Crippen LogP contribution in [0.15, 0.2) is 36.4 Å². The van der Waals surface area contributed by atoms with Crippen LogP contribution in [-0.2, 0) is 17.5 Å². The fourth-order valence-electron chi connectivity index (χ4n) is 3.36. The number of thiocarbonyl (C=S) groups is 1. The Kier molecular flexibility index (Phi) is 6.65. The number of halogens is 3. The topological polar surface area (TPSA) is 41.6 Å². The van der Waals surface area contributed by atoms with Crippen LogP contribution in [0.3, 0.4) is 0 Å². The molecule has 3 rings (SSSR count). The van der Waals surface area contributed by atoms with Crippen LogP contribution in [-0.4, -0.2) is 29.1 Å². The highest BCUT2D eigenvalue weighted by Crippen LogP contribution is 2.30. The Morgan fingerprint density at radius 3 is 2.50 bits per heavy atom. The molecule has 1 N–H and O–H groups in total. The fourth-order valence-corrected chi connectivity index (χ4v) is 3.65. The van der Waals surface area contributed by atoms with Gasteiger partial charge < -0.3 is 15.0 Å². The molecule has 0 bridgehead atoms. The number of esters is 1. The van der Waals surface area contributed by atoms with E-state index in [4.69, 9.17) is 17.0 Å². The summed E-state index contributed by atoms with van der Waals surface area (Å²) in [6.07, 6.45) is -2.20. The van der Waals surface area contributed by atoms with Gasteiger partial charge in [-0.05, 0) is 79.9 Å². The number of nitrogens with one attached hydrogen (secondary N) is 1. The average Bonchev–Trinajstić information content (AvgIpc) is 3.24. The van der Waals surface area contributed by atoms with Crippen molar-refractivity contribution in [1.29, 1.82) is 0 Å². The zero-order valence-corrected chi connectivity index (χ0v) is 17.6. The molecule has 1 fully saturated rings. The number of hydrogen-bond acceptors (Lipinski definition) is 3. The molecule has 1 saturated heterocycles. The summed E-state index contributed by atoms with van der Waals surface area (Å²) in [6.45, 7) is 5.32. The van der Waals surface area contributed by atoms with Crippen molar-refractivity contribution < 1.29 is 22.7 Å². The molecule has 1 aliphatic rings. The molecule has 0 amide bonds. The van der Waals surface area contributed by atoms with Gasteiger partial charge in [-0.2, -0.15) is 13.2 Å². The standard InChI is InChI=1S/C22H23F3N2O2S/c1-14-15(2)19(26-21(30)27-10-3-4-11-27)9-8-18(14)20(28)29-13-16-6-5-7-17(12-16)22(23,24)25/h5-9,12H,3-4,10-11,13H2,1-2H3,(H,26,30). The predicted octanol–water partition coefficient (Wildman–Crippen LogP) is 5.47. The van der Waals surface area contributed by atoms with Crippen LogP contribution in [0.5, 0.6) is 0 Å². The number of anilines is 1. The molecule has 0 radical (unpaired) electrons. The van der Waals surface area contributed by atoms with Gasteiger partial charge in [0, 0.05) is 18.8 Å². The smallest absolute Gasteiger partial charge is 0.416 e. The van der Waals surface area contributed by atoms with Crippen molar-refractivity contribution in [3.05, 3.63) is 64.2 Å². The molecule has 0 aromatic heterocycles. The minimum Gasteiger partial charge on any atom is -0.457 e. The normalized spacial score (nSPS) is 14.0.